The van der Waals surface area contributed by atoms with E-state index < -0.39 is 33.8 Å². The molecule has 1 atom stereocenters. The number of carbonyl (C=O) groups is 1. The number of para-hydroxylation sites is 1. The average Bonchev–Trinajstić information content (AvgIpc) is 2.92. The first-order valence-corrected chi connectivity index (χ1v) is 16.3. The highest BCUT2D eigenvalue weighted by Gasteiger charge is 2.34. The second-order valence-electron chi connectivity index (χ2n) is 11.8. The van der Waals surface area contributed by atoms with E-state index in [4.69, 9.17) is 27.9 Å². The van der Waals surface area contributed by atoms with Gasteiger partial charge in [-0.05, 0) is 63.4 Å². The lowest BCUT2D eigenvalue weighted by Crippen LogP contribution is -2.56. The van der Waals surface area contributed by atoms with Crippen LogP contribution in [0.1, 0.15) is 58.6 Å². The summed E-state index contributed by atoms with van der Waals surface area (Å²) in [6.45, 7) is 11.8. The summed E-state index contributed by atoms with van der Waals surface area (Å²) in [5.74, 6) is -0.515. The summed E-state index contributed by atoms with van der Waals surface area (Å²) in [7, 11) is -4.36. The summed E-state index contributed by atoms with van der Waals surface area (Å²) >= 11 is 13.3. The molecule has 0 unspecified atom stereocenters. The van der Waals surface area contributed by atoms with Gasteiger partial charge in [0.25, 0.3) is 0 Å². The molecule has 1 fully saturated rings. The Balaban J connectivity index is 1.78. The number of amidine groups is 1. The number of anilines is 1. The summed E-state index contributed by atoms with van der Waals surface area (Å²) in [5.41, 5.74) is 0.897. The molecule has 0 saturated carbocycles. The van der Waals surface area contributed by atoms with Crippen LogP contribution >= 0.6 is 23.2 Å². The third-order valence-electron chi connectivity index (χ3n) is 6.88. The van der Waals surface area contributed by atoms with Gasteiger partial charge in [0, 0.05) is 31.2 Å². The summed E-state index contributed by atoms with van der Waals surface area (Å²) in [6, 6.07) is 14.1. The fourth-order valence-electron chi connectivity index (χ4n) is 4.86. The fraction of sp³-hybridized carbons (Fsp3) is 0.387. The molecular formula is C31H36Cl2FN5O4S. The zero-order valence-electron chi connectivity index (χ0n) is 25.4. The molecule has 9 nitrogen and oxygen atoms in total. The first-order valence-electron chi connectivity index (χ1n) is 14.1. The molecule has 0 bridgehead atoms. The monoisotopic (exact) mass is 663 g/mol. The van der Waals surface area contributed by atoms with Gasteiger partial charge in [-0.25, -0.2) is 14.2 Å². The number of rotatable bonds is 6. The minimum atomic E-state index is -4.36. The molecule has 1 saturated heterocycles. The smallest absolute Gasteiger partial charge is 0.410 e. The Morgan fingerprint density at radius 1 is 1.11 bits per heavy atom. The number of amides is 1. The second kappa shape index (κ2) is 13.3. The lowest BCUT2D eigenvalue weighted by Gasteiger charge is -2.41. The van der Waals surface area contributed by atoms with Crippen LogP contribution in [0.15, 0.2) is 59.0 Å². The number of aromatic nitrogens is 1. The summed E-state index contributed by atoms with van der Waals surface area (Å²) in [4.78, 5) is 20.5. The molecule has 1 amide bonds. The predicted octanol–water partition coefficient (Wildman–Crippen LogP) is 7.36. The molecule has 4 rings (SSSR count). The lowest BCUT2D eigenvalue weighted by atomic mass is 10.0. The number of piperazine rings is 1. The highest BCUT2D eigenvalue weighted by atomic mass is 35.5. The molecule has 0 spiro atoms. The van der Waals surface area contributed by atoms with Gasteiger partial charge in [-0.3, -0.25) is 4.72 Å². The van der Waals surface area contributed by atoms with Crippen molar-refractivity contribution in [2.45, 2.75) is 59.1 Å². The van der Waals surface area contributed by atoms with Gasteiger partial charge in [-0.1, -0.05) is 67.4 Å². The maximum atomic E-state index is 14.6. The van der Waals surface area contributed by atoms with Gasteiger partial charge in [-0.15, -0.1) is 4.40 Å². The molecule has 1 aromatic heterocycles. The van der Waals surface area contributed by atoms with E-state index in [1.165, 1.54) is 18.2 Å². The van der Waals surface area contributed by atoms with Crippen molar-refractivity contribution in [3.63, 3.8) is 0 Å². The predicted molar refractivity (Wildman–Crippen MR) is 173 cm³/mol. The van der Waals surface area contributed by atoms with E-state index in [0.29, 0.717) is 5.69 Å². The Hall–Kier alpha value is -3.41. The molecule has 0 radical (unpaired) electrons. The molecular weight excluding hydrogens is 628 g/mol. The Morgan fingerprint density at radius 3 is 2.41 bits per heavy atom. The van der Waals surface area contributed by atoms with Crippen molar-refractivity contribution in [1.29, 1.82) is 0 Å². The summed E-state index contributed by atoms with van der Waals surface area (Å²) in [5, 5.41) is -0.0660. The number of hydrogen-bond donors (Lipinski definition) is 1. The van der Waals surface area contributed by atoms with Crippen LogP contribution in [0.2, 0.25) is 10.2 Å². The molecule has 1 N–H and O–H groups in total. The van der Waals surface area contributed by atoms with Crippen LogP contribution in [0.4, 0.5) is 14.9 Å². The number of nitrogens with zero attached hydrogens (tertiary/aromatic N) is 4. The number of halogens is 3. The minimum Gasteiger partial charge on any atom is -0.444 e. The van der Waals surface area contributed by atoms with E-state index in [1.807, 2.05) is 32.9 Å². The molecule has 13 heteroatoms. The number of pyridine rings is 1. The Morgan fingerprint density at radius 2 is 1.77 bits per heavy atom. The maximum absolute atomic E-state index is 14.6. The van der Waals surface area contributed by atoms with Gasteiger partial charge in [0.1, 0.15) is 16.6 Å². The van der Waals surface area contributed by atoms with Crippen molar-refractivity contribution < 1.29 is 22.3 Å². The highest BCUT2D eigenvalue weighted by molar-refractivity contribution is 7.91. The quantitative estimate of drug-likeness (QED) is 0.168. The fourth-order valence-corrected chi connectivity index (χ4v) is 6.27. The minimum absolute atomic E-state index is 0.0182. The van der Waals surface area contributed by atoms with Crippen LogP contribution in [0.25, 0.3) is 11.3 Å². The van der Waals surface area contributed by atoms with Gasteiger partial charge in [0.2, 0.25) is 0 Å². The van der Waals surface area contributed by atoms with Crippen LogP contribution in [0, 0.1) is 5.82 Å². The van der Waals surface area contributed by atoms with E-state index in [9.17, 15) is 17.6 Å². The molecule has 1 aliphatic rings. The van der Waals surface area contributed by atoms with Crippen LogP contribution in [-0.4, -0.2) is 66.4 Å². The third kappa shape index (κ3) is 7.99. The van der Waals surface area contributed by atoms with Crippen molar-refractivity contribution in [1.82, 2.24) is 14.8 Å². The molecule has 0 aliphatic carbocycles. The standard InChI is InChI=1S/C31H36Cl2FN5O4S/c1-19(2)21-11-8-10-14-26(21)36-44(41,42)37-29(39-16-15-38(18-20(39)3)30(40)43-31(4,5)6)23-17-24(32)27(35-28(23)33)22-12-7-9-13-25(22)34/h7-14,17,19-20,36H,15-16,18H2,1-6H3/t20-/m0/s1. The van der Waals surface area contributed by atoms with E-state index in [0.717, 1.165) is 5.56 Å². The first-order chi connectivity index (χ1) is 20.6. The van der Waals surface area contributed by atoms with E-state index in [1.54, 1.807) is 54.8 Å². The third-order valence-corrected chi connectivity index (χ3v) is 8.35. The van der Waals surface area contributed by atoms with Gasteiger partial charge in [0.05, 0.1) is 22.0 Å². The van der Waals surface area contributed by atoms with Crippen LogP contribution in [0.3, 0.4) is 0 Å². The van der Waals surface area contributed by atoms with Crippen molar-refractivity contribution in [2.75, 3.05) is 24.4 Å². The SMILES string of the molecule is CC(C)c1ccccc1NS(=O)(=O)N=C(c1cc(Cl)c(-c2ccccc2F)nc1Cl)N1CCN(C(=O)OC(C)(C)C)C[C@@H]1C. The molecule has 236 valence electrons. The Bertz CT molecular complexity index is 1680. The summed E-state index contributed by atoms with van der Waals surface area (Å²) in [6.07, 6.45) is -0.473. The van der Waals surface area contributed by atoms with Crippen molar-refractivity contribution in [3.05, 3.63) is 81.7 Å². The largest absolute Gasteiger partial charge is 0.444 e. The highest BCUT2D eigenvalue weighted by Crippen LogP contribution is 2.33. The van der Waals surface area contributed by atoms with Gasteiger partial charge < -0.3 is 14.5 Å². The second-order valence-corrected chi connectivity index (χ2v) is 13.9. The molecule has 2 aromatic carbocycles. The molecule has 44 heavy (non-hydrogen) atoms. The number of carbonyl (C=O) groups excluding carboxylic acids is 1. The number of nitrogens with one attached hydrogen (secondary N) is 1. The zero-order chi connectivity index (χ0) is 32.4. The zero-order valence-corrected chi connectivity index (χ0v) is 27.8. The van der Waals surface area contributed by atoms with Crippen LogP contribution in [-0.2, 0) is 14.9 Å². The van der Waals surface area contributed by atoms with Crippen molar-refractivity contribution in [2.24, 2.45) is 4.40 Å². The normalized spacial score (nSPS) is 16.3. The summed E-state index contributed by atoms with van der Waals surface area (Å²) < 4.78 is 54.2. The maximum Gasteiger partial charge on any atom is 0.410 e. The van der Waals surface area contributed by atoms with Crippen LogP contribution < -0.4 is 4.72 Å². The Kier molecular flexibility index (Phi) is 10.1. The van der Waals surface area contributed by atoms with E-state index in [-0.39, 0.29) is 58.4 Å². The first kappa shape index (κ1) is 33.5. The van der Waals surface area contributed by atoms with Crippen LogP contribution in [0.5, 0.6) is 0 Å². The topological polar surface area (TPSA) is 104 Å². The number of ether oxygens (including phenoxy) is 1. The van der Waals surface area contributed by atoms with Gasteiger partial charge in [-0.2, -0.15) is 8.42 Å². The molecule has 3 aromatic rings. The molecule has 2 heterocycles. The molecule has 1 aliphatic heterocycles. The number of hydrogen-bond acceptors (Lipinski definition) is 5. The van der Waals surface area contributed by atoms with E-state index >= 15 is 0 Å². The number of benzene rings is 2. The lowest BCUT2D eigenvalue weighted by molar-refractivity contribution is 0.0134. The van der Waals surface area contributed by atoms with Crippen molar-refractivity contribution >= 4 is 51.0 Å². The van der Waals surface area contributed by atoms with E-state index in [2.05, 4.69) is 14.1 Å². The van der Waals surface area contributed by atoms with Gasteiger partial charge >= 0.3 is 16.3 Å². The van der Waals surface area contributed by atoms with Crippen molar-refractivity contribution in [3.8, 4) is 11.3 Å². The van der Waals surface area contributed by atoms with Gasteiger partial charge in [0.15, 0.2) is 5.84 Å². The Labute approximate surface area is 268 Å². The average molecular weight is 665 g/mol.